The van der Waals surface area contributed by atoms with E-state index in [1.165, 1.54) is 11.1 Å². The molecule has 3 aromatic rings. The van der Waals surface area contributed by atoms with E-state index in [1.54, 1.807) is 7.11 Å². The van der Waals surface area contributed by atoms with Gasteiger partial charge in [0.05, 0.1) is 12.8 Å². The predicted molar refractivity (Wildman–Crippen MR) is 125 cm³/mol. The Morgan fingerprint density at radius 2 is 1.41 bits per heavy atom. The lowest BCUT2D eigenvalue weighted by Crippen LogP contribution is -2.00. The van der Waals surface area contributed by atoms with Crippen LogP contribution in [0.1, 0.15) is 63.1 Å². The van der Waals surface area contributed by atoms with Gasteiger partial charge in [-0.3, -0.25) is 4.99 Å². The summed E-state index contributed by atoms with van der Waals surface area (Å²) in [4.78, 5) is 5.13. The molecule has 0 spiro atoms. The largest absolute Gasteiger partial charge is 0.496 e. The average Bonchev–Trinajstić information content (AvgIpc) is 2.73. The topological polar surface area (TPSA) is 21.6 Å². The van der Waals surface area contributed by atoms with Crippen LogP contribution < -0.4 is 4.74 Å². The van der Waals surface area contributed by atoms with E-state index in [-0.39, 0.29) is 0 Å². The first-order valence-electron chi connectivity index (χ1n) is 10.3. The molecule has 29 heavy (non-hydrogen) atoms. The summed E-state index contributed by atoms with van der Waals surface area (Å²) in [6.45, 7) is 11.0. The molecule has 0 heterocycles. The van der Waals surface area contributed by atoms with Crippen molar-refractivity contribution in [3.63, 3.8) is 0 Å². The number of hydrogen-bond donors (Lipinski definition) is 0. The van der Waals surface area contributed by atoms with Crippen LogP contribution in [0.5, 0.6) is 5.75 Å². The zero-order valence-electron chi connectivity index (χ0n) is 18.4. The minimum Gasteiger partial charge on any atom is -0.496 e. The first-order valence-corrected chi connectivity index (χ1v) is 10.3. The zero-order chi connectivity index (χ0) is 21.0. The van der Waals surface area contributed by atoms with E-state index in [1.807, 2.05) is 18.2 Å². The molecule has 150 valence electrons. The molecule has 3 rings (SSSR count). The van der Waals surface area contributed by atoms with Crippen molar-refractivity contribution in [1.82, 2.24) is 0 Å². The molecule has 0 aliphatic rings. The van der Waals surface area contributed by atoms with Gasteiger partial charge in [-0.2, -0.15) is 0 Å². The number of hydrogen-bond acceptors (Lipinski definition) is 2. The van der Waals surface area contributed by atoms with Crippen molar-refractivity contribution in [1.29, 1.82) is 0 Å². The highest BCUT2D eigenvalue weighted by atomic mass is 16.5. The van der Waals surface area contributed by atoms with Crippen LogP contribution in [0.4, 0.5) is 5.69 Å². The van der Waals surface area contributed by atoms with Crippen molar-refractivity contribution in [2.45, 2.75) is 46.5 Å². The van der Waals surface area contributed by atoms with Gasteiger partial charge in [-0.15, -0.1) is 0 Å². The second kappa shape index (κ2) is 9.09. The molecular formula is C27H31NO. The van der Waals surface area contributed by atoms with Crippen LogP contribution in [0.2, 0.25) is 0 Å². The molecule has 0 bridgehead atoms. The van der Waals surface area contributed by atoms with Crippen molar-refractivity contribution >= 4 is 11.4 Å². The predicted octanol–water partition coefficient (Wildman–Crippen LogP) is 7.75. The summed E-state index contributed by atoms with van der Waals surface area (Å²) in [6.07, 6.45) is 0. The van der Waals surface area contributed by atoms with Gasteiger partial charge < -0.3 is 4.74 Å². The summed E-state index contributed by atoms with van der Waals surface area (Å²) in [5.41, 5.74) is 8.11. The number of aliphatic imine (C=N–C) groups is 1. The highest BCUT2D eigenvalue weighted by Gasteiger charge is 2.14. The molecule has 0 aliphatic heterocycles. The van der Waals surface area contributed by atoms with Gasteiger partial charge in [0.25, 0.3) is 0 Å². The Hall–Kier alpha value is -2.87. The minimum atomic E-state index is 0.431. The molecule has 3 aromatic carbocycles. The molecule has 0 fully saturated rings. The van der Waals surface area contributed by atoms with Gasteiger partial charge in [-0.05, 0) is 53.1 Å². The second-order valence-electron chi connectivity index (χ2n) is 8.07. The average molecular weight is 386 g/mol. The van der Waals surface area contributed by atoms with Crippen LogP contribution >= 0.6 is 0 Å². The maximum Gasteiger partial charge on any atom is 0.126 e. The van der Waals surface area contributed by atoms with E-state index in [9.17, 15) is 0 Å². The molecule has 2 nitrogen and oxygen atoms in total. The van der Waals surface area contributed by atoms with E-state index in [2.05, 4.69) is 83.1 Å². The Balaban J connectivity index is 2.09. The molecular weight excluding hydrogens is 354 g/mol. The van der Waals surface area contributed by atoms with Gasteiger partial charge in [0.1, 0.15) is 5.75 Å². The summed E-state index contributed by atoms with van der Waals surface area (Å²) in [7, 11) is 1.71. The first-order chi connectivity index (χ1) is 13.9. The first kappa shape index (κ1) is 20.9. The molecule has 0 aromatic heterocycles. The summed E-state index contributed by atoms with van der Waals surface area (Å²) in [5.74, 6) is 1.74. The van der Waals surface area contributed by atoms with Crippen LogP contribution in [0.25, 0.3) is 11.1 Å². The van der Waals surface area contributed by atoms with Gasteiger partial charge in [-0.1, -0.05) is 82.3 Å². The van der Waals surface area contributed by atoms with E-state index in [4.69, 9.17) is 9.73 Å². The molecule has 0 saturated heterocycles. The second-order valence-corrected chi connectivity index (χ2v) is 8.07. The fourth-order valence-corrected chi connectivity index (χ4v) is 3.67. The Kier molecular flexibility index (Phi) is 6.53. The fourth-order valence-electron chi connectivity index (χ4n) is 3.67. The quantitative estimate of drug-likeness (QED) is 0.397. The highest BCUT2D eigenvalue weighted by molar-refractivity contribution is 6.01. The normalized spacial score (nSPS) is 11.9. The summed E-state index contributed by atoms with van der Waals surface area (Å²) in [6, 6.07) is 23.2. The van der Waals surface area contributed by atoms with Crippen LogP contribution in [-0.2, 0) is 0 Å². The number of methoxy groups -OCH3 is 1. The lowest BCUT2D eigenvalue weighted by molar-refractivity contribution is 0.416. The lowest BCUT2D eigenvalue weighted by Gasteiger charge is -2.17. The molecule has 0 N–H and O–H groups in total. The van der Waals surface area contributed by atoms with Gasteiger partial charge in [0, 0.05) is 11.3 Å². The molecule has 0 atom stereocenters. The molecule has 0 radical (unpaired) electrons. The van der Waals surface area contributed by atoms with Gasteiger partial charge >= 0.3 is 0 Å². The van der Waals surface area contributed by atoms with Gasteiger partial charge in [0.2, 0.25) is 0 Å². The van der Waals surface area contributed by atoms with Crippen molar-refractivity contribution < 1.29 is 4.74 Å². The van der Waals surface area contributed by atoms with Crippen LogP contribution in [-0.4, -0.2) is 12.8 Å². The van der Waals surface area contributed by atoms with Crippen molar-refractivity contribution in [2.24, 2.45) is 4.99 Å². The molecule has 0 aliphatic carbocycles. The summed E-state index contributed by atoms with van der Waals surface area (Å²) >= 11 is 0. The monoisotopic (exact) mass is 385 g/mol. The maximum atomic E-state index is 5.55. The molecule has 0 saturated carbocycles. The Morgan fingerprint density at radius 3 is 2.03 bits per heavy atom. The standard InChI is InChI=1S/C27H31NO/c1-18(2)23-14-10-15-24(19(3)4)27(23)28-20(5)21-11-9-12-22(17-21)25-13-7-8-16-26(25)29-6/h7-19H,1-6H3/b28-20-. The Morgan fingerprint density at radius 1 is 0.793 bits per heavy atom. The third-order valence-electron chi connectivity index (χ3n) is 5.32. The Labute approximate surface area is 175 Å². The maximum absolute atomic E-state index is 5.55. The van der Waals surface area contributed by atoms with E-state index in [0.717, 1.165) is 33.8 Å². The number of rotatable bonds is 6. The van der Waals surface area contributed by atoms with Crippen molar-refractivity contribution in [3.8, 4) is 16.9 Å². The fraction of sp³-hybridized carbons (Fsp3) is 0.296. The van der Waals surface area contributed by atoms with Gasteiger partial charge in [0.15, 0.2) is 0 Å². The molecule has 0 amide bonds. The number of nitrogens with zero attached hydrogens (tertiary/aromatic N) is 1. The molecule has 0 unspecified atom stereocenters. The Bertz CT molecular complexity index is 988. The minimum absolute atomic E-state index is 0.431. The van der Waals surface area contributed by atoms with Crippen LogP contribution in [0, 0.1) is 0 Å². The molecule has 2 heteroatoms. The SMILES string of the molecule is COc1ccccc1-c1cccc(/C(C)=N\c2c(C(C)C)cccc2C(C)C)c1. The lowest BCUT2D eigenvalue weighted by atomic mass is 9.92. The zero-order valence-corrected chi connectivity index (χ0v) is 18.4. The third-order valence-corrected chi connectivity index (χ3v) is 5.32. The number of ether oxygens (including phenoxy) is 1. The van der Waals surface area contributed by atoms with Gasteiger partial charge in [-0.25, -0.2) is 0 Å². The summed E-state index contributed by atoms with van der Waals surface area (Å²) in [5, 5.41) is 0. The third kappa shape index (κ3) is 4.59. The van der Waals surface area contributed by atoms with Crippen LogP contribution in [0.3, 0.4) is 0 Å². The smallest absolute Gasteiger partial charge is 0.126 e. The highest BCUT2D eigenvalue weighted by Crippen LogP contribution is 2.36. The van der Waals surface area contributed by atoms with E-state index < -0.39 is 0 Å². The van der Waals surface area contributed by atoms with Crippen LogP contribution in [0.15, 0.2) is 71.7 Å². The number of benzene rings is 3. The van der Waals surface area contributed by atoms with E-state index in [0.29, 0.717) is 11.8 Å². The van der Waals surface area contributed by atoms with E-state index >= 15 is 0 Å². The van der Waals surface area contributed by atoms with Crippen molar-refractivity contribution in [3.05, 3.63) is 83.4 Å². The number of para-hydroxylation sites is 2. The summed E-state index contributed by atoms with van der Waals surface area (Å²) < 4.78 is 5.55. The van der Waals surface area contributed by atoms with Crippen molar-refractivity contribution in [2.75, 3.05) is 7.11 Å².